The van der Waals surface area contributed by atoms with Gasteiger partial charge in [0.1, 0.15) is 0 Å². The average molecular weight is 300 g/mol. The molecule has 0 aromatic heterocycles. The Morgan fingerprint density at radius 2 is 1.42 bits per heavy atom. The van der Waals surface area contributed by atoms with Gasteiger partial charge in [-0.1, -0.05) is 0 Å². The Hall–Kier alpha value is 1.16. The van der Waals surface area contributed by atoms with E-state index in [1.54, 1.807) is 24.6 Å². The summed E-state index contributed by atoms with van der Waals surface area (Å²) in [5.41, 5.74) is 0. The minimum absolute atomic E-state index is 1.13. The van der Waals surface area contributed by atoms with Gasteiger partial charge < -0.3 is 0 Å². The van der Waals surface area contributed by atoms with Gasteiger partial charge in [0.15, 0.2) is 0 Å². The van der Waals surface area contributed by atoms with Gasteiger partial charge >= 0.3 is 90.5 Å². The maximum atomic E-state index is 2.93. The summed E-state index contributed by atoms with van der Waals surface area (Å²) < 4.78 is -1.13. The Morgan fingerprint density at radius 1 is 1.00 bits per heavy atom. The summed E-state index contributed by atoms with van der Waals surface area (Å²) in [6, 6.07) is 0. The van der Waals surface area contributed by atoms with Gasteiger partial charge in [0.05, 0.1) is 0 Å². The van der Waals surface area contributed by atoms with E-state index in [2.05, 4.69) is 35.9 Å². The molecule has 0 bridgehead atoms. The van der Waals surface area contributed by atoms with Crippen molar-refractivity contribution >= 4 is 26.3 Å². The van der Waals surface area contributed by atoms with Gasteiger partial charge in [-0.2, -0.15) is 0 Å². The van der Waals surface area contributed by atoms with E-state index in [1.807, 2.05) is 0 Å². The van der Waals surface area contributed by atoms with Crippen molar-refractivity contribution in [3.05, 3.63) is 0 Å². The van der Waals surface area contributed by atoms with E-state index in [4.69, 9.17) is 0 Å². The number of halogens is 1. The molecule has 1 aliphatic heterocycles. The van der Waals surface area contributed by atoms with Crippen LogP contribution in [0.4, 0.5) is 0 Å². The molecule has 0 unspecified atom stereocenters. The first kappa shape index (κ1) is 11.2. The Morgan fingerprint density at radius 3 is 1.75 bits per heavy atom. The summed E-state index contributed by atoms with van der Waals surface area (Å²) in [7, 11) is 0. The zero-order valence-corrected chi connectivity index (χ0v) is 11.5. The molecule has 1 aliphatic rings. The molecule has 1 rings (SSSR count). The molecule has 12 heavy (non-hydrogen) atoms. The molecular weight excluding hydrogens is 278 g/mol. The fourth-order valence-corrected chi connectivity index (χ4v) is 13.3. The molecule has 2 heteroatoms. The van der Waals surface area contributed by atoms with Crippen molar-refractivity contribution in [1.82, 2.24) is 0 Å². The van der Waals surface area contributed by atoms with Gasteiger partial charge in [0.25, 0.3) is 0 Å². The van der Waals surface area contributed by atoms with Crippen LogP contribution in [0.3, 0.4) is 0 Å². The van der Waals surface area contributed by atoms with Crippen molar-refractivity contribution in [1.29, 1.82) is 0 Å². The van der Waals surface area contributed by atoms with Crippen molar-refractivity contribution in [3.63, 3.8) is 0 Å². The Balaban J connectivity index is 2.67. The molecule has 0 N–H and O–H groups in total. The Bertz CT molecular complexity index is 140. The molecule has 0 radical (unpaired) electrons. The molecule has 74 valence electrons. The van der Waals surface area contributed by atoms with Gasteiger partial charge in [-0.05, 0) is 0 Å². The van der Waals surface area contributed by atoms with E-state index in [-0.39, 0.29) is 0 Å². The quantitative estimate of drug-likeness (QED) is 0.529. The van der Waals surface area contributed by atoms with Crippen molar-refractivity contribution < 1.29 is 0 Å². The van der Waals surface area contributed by atoms with Crippen LogP contribution in [0.2, 0.25) is 0 Å². The second-order valence-electron chi connectivity index (χ2n) is 4.42. The molecular formula is C10H22IP. The SMILES string of the molecule is CCCP1(I)(CCC)CCCC1. The third-order valence-corrected chi connectivity index (χ3v) is 15.0. The summed E-state index contributed by atoms with van der Waals surface area (Å²) >= 11 is 2.93. The van der Waals surface area contributed by atoms with Crippen molar-refractivity contribution in [2.75, 3.05) is 24.6 Å². The Kier molecular flexibility index (Phi) is 3.86. The summed E-state index contributed by atoms with van der Waals surface area (Å²) in [6.07, 6.45) is 12.2. The van der Waals surface area contributed by atoms with Crippen molar-refractivity contribution in [2.45, 2.75) is 39.5 Å². The molecule has 0 aliphatic carbocycles. The van der Waals surface area contributed by atoms with Gasteiger partial charge in [-0.15, -0.1) is 0 Å². The fourth-order valence-electron chi connectivity index (χ4n) is 2.80. The molecule has 0 aromatic rings. The topological polar surface area (TPSA) is 0 Å². The summed E-state index contributed by atoms with van der Waals surface area (Å²) in [4.78, 5) is 0. The third-order valence-electron chi connectivity index (χ3n) is 3.25. The monoisotopic (exact) mass is 300 g/mol. The maximum absolute atomic E-state index is 2.93. The first-order chi connectivity index (χ1) is 5.63. The van der Waals surface area contributed by atoms with Gasteiger partial charge in [0.2, 0.25) is 0 Å². The van der Waals surface area contributed by atoms with Crippen LogP contribution in [0, 0.1) is 0 Å². The predicted octanol–water partition coefficient (Wildman–Crippen LogP) is 4.50. The number of rotatable bonds is 4. The van der Waals surface area contributed by atoms with Crippen LogP contribution >= 0.6 is 26.3 Å². The summed E-state index contributed by atoms with van der Waals surface area (Å²) in [5.74, 6) is 0. The van der Waals surface area contributed by atoms with Gasteiger partial charge in [-0.3, -0.25) is 0 Å². The third kappa shape index (κ3) is 2.35. The van der Waals surface area contributed by atoms with Gasteiger partial charge in [0, 0.05) is 0 Å². The molecule has 0 atom stereocenters. The predicted molar refractivity (Wildman–Crippen MR) is 70.2 cm³/mol. The average Bonchev–Trinajstić information content (AvgIpc) is 2.35. The van der Waals surface area contributed by atoms with Crippen LogP contribution in [0.25, 0.3) is 0 Å². The minimum atomic E-state index is -1.13. The molecule has 0 nitrogen and oxygen atoms in total. The second kappa shape index (κ2) is 4.13. The van der Waals surface area contributed by atoms with Crippen LogP contribution in [0.5, 0.6) is 0 Å². The van der Waals surface area contributed by atoms with E-state index in [9.17, 15) is 0 Å². The van der Waals surface area contributed by atoms with E-state index >= 15 is 0 Å². The first-order valence-electron chi connectivity index (χ1n) is 5.35. The number of hydrogen-bond donors (Lipinski definition) is 0. The molecule has 0 amide bonds. The first-order valence-corrected chi connectivity index (χ1v) is 11.1. The normalized spacial score (nSPS) is 29.4. The molecule has 1 saturated heterocycles. The summed E-state index contributed by atoms with van der Waals surface area (Å²) in [6.45, 7) is 4.72. The van der Waals surface area contributed by atoms with Crippen molar-refractivity contribution in [2.24, 2.45) is 0 Å². The van der Waals surface area contributed by atoms with E-state index in [0.29, 0.717) is 0 Å². The zero-order chi connectivity index (χ0) is 9.10. The van der Waals surface area contributed by atoms with E-state index < -0.39 is 4.25 Å². The zero-order valence-electron chi connectivity index (χ0n) is 8.48. The van der Waals surface area contributed by atoms with Crippen LogP contribution < -0.4 is 0 Å². The molecule has 1 heterocycles. The van der Waals surface area contributed by atoms with E-state index in [1.165, 1.54) is 25.7 Å². The summed E-state index contributed by atoms with van der Waals surface area (Å²) in [5, 5.41) is 0. The van der Waals surface area contributed by atoms with Crippen molar-refractivity contribution in [3.8, 4) is 0 Å². The molecule has 1 fully saturated rings. The number of hydrogen-bond acceptors (Lipinski definition) is 0. The van der Waals surface area contributed by atoms with Crippen LogP contribution in [0.1, 0.15) is 39.5 Å². The molecule has 0 saturated carbocycles. The molecule has 0 spiro atoms. The standard InChI is InChI=1S/C10H22IP/c1-3-7-12(11,8-4-2)9-5-6-10-12/h3-10H2,1-2H3. The second-order valence-corrected chi connectivity index (χ2v) is 18.0. The van der Waals surface area contributed by atoms with Gasteiger partial charge in [-0.25, -0.2) is 0 Å². The fraction of sp³-hybridized carbons (Fsp3) is 1.00. The Labute approximate surface area is 90.3 Å². The molecule has 0 aromatic carbocycles. The van der Waals surface area contributed by atoms with Crippen LogP contribution in [0.15, 0.2) is 0 Å². The van der Waals surface area contributed by atoms with Crippen LogP contribution in [-0.2, 0) is 0 Å². The van der Waals surface area contributed by atoms with Crippen LogP contribution in [-0.4, -0.2) is 24.6 Å². The van der Waals surface area contributed by atoms with E-state index in [0.717, 1.165) is 0 Å².